The maximum absolute atomic E-state index is 11.8. The van der Waals surface area contributed by atoms with Crippen LogP contribution in [0.4, 0.5) is 5.69 Å². The molecule has 5 N–H and O–H groups in total. The Hall–Kier alpha value is -2.08. The second kappa shape index (κ2) is 7.49. The number of hydrogen-bond acceptors (Lipinski definition) is 4. The van der Waals surface area contributed by atoms with Crippen LogP contribution in [0.2, 0.25) is 0 Å². The molecular weight excluding hydrogens is 258 g/mol. The molecule has 0 radical (unpaired) electrons. The van der Waals surface area contributed by atoms with Crippen LogP contribution in [0.25, 0.3) is 0 Å². The summed E-state index contributed by atoms with van der Waals surface area (Å²) in [5.41, 5.74) is 11.4. The first-order chi connectivity index (χ1) is 9.40. The van der Waals surface area contributed by atoms with Crippen molar-refractivity contribution in [2.24, 2.45) is 17.4 Å². The Morgan fingerprint density at radius 3 is 2.35 bits per heavy atom. The van der Waals surface area contributed by atoms with Gasteiger partial charge in [-0.2, -0.15) is 0 Å². The molecule has 1 aromatic rings. The quantitative estimate of drug-likeness (QED) is 0.688. The van der Waals surface area contributed by atoms with E-state index in [9.17, 15) is 9.59 Å². The number of anilines is 1. The van der Waals surface area contributed by atoms with Gasteiger partial charge in [-0.25, -0.2) is 0 Å². The standard InChI is InChI=1S/C14H21N3O3/c1-9(2)13(16)14(19)17-10-3-5-11(6-4-10)20-8-7-12(15)18/h3-6,9,13H,7-8,16H2,1-2H3,(H2,15,18)(H,17,19)/t13-/m0/s1. The van der Waals surface area contributed by atoms with Crippen LogP contribution in [0.1, 0.15) is 20.3 Å². The highest BCUT2D eigenvalue weighted by Gasteiger charge is 2.16. The van der Waals surface area contributed by atoms with Crippen molar-refractivity contribution in [2.75, 3.05) is 11.9 Å². The molecule has 1 rings (SSSR count). The summed E-state index contributed by atoms with van der Waals surface area (Å²) in [4.78, 5) is 22.3. The number of nitrogens with one attached hydrogen (secondary N) is 1. The van der Waals surface area contributed by atoms with E-state index in [1.807, 2.05) is 13.8 Å². The number of hydrogen-bond donors (Lipinski definition) is 3. The molecule has 20 heavy (non-hydrogen) atoms. The summed E-state index contributed by atoms with van der Waals surface area (Å²) in [5, 5.41) is 2.73. The summed E-state index contributed by atoms with van der Waals surface area (Å²) in [6, 6.07) is 6.30. The molecule has 0 bridgehead atoms. The van der Waals surface area contributed by atoms with Crippen molar-refractivity contribution in [3.05, 3.63) is 24.3 Å². The van der Waals surface area contributed by atoms with Gasteiger partial charge < -0.3 is 21.5 Å². The van der Waals surface area contributed by atoms with Gasteiger partial charge in [0.25, 0.3) is 0 Å². The first-order valence-electron chi connectivity index (χ1n) is 6.47. The Morgan fingerprint density at radius 1 is 1.25 bits per heavy atom. The molecule has 0 spiro atoms. The van der Waals surface area contributed by atoms with Gasteiger partial charge in [-0.05, 0) is 30.2 Å². The Kier molecular flexibility index (Phi) is 5.99. The van der Waals surface area contributed by atoms with Crippen molar-refractivity contribution in [2.45, 2.75) is 26.3 Å². The van der Waals surface area contributed by atoms with Crippen LogP contribution in [0.3, 0.4) is 0 Å². The number of rotatable bonds is 7. The Bertz CT molecular complexity index is 457. The first kappa shape index (κ1) is 16.0. The molecule has 0 aromatic heterocycles. The number of carbonyl (C=O) groups excluding carboxylic acids is 2. The van der Waals surface area contributed by atoms with Gasteiger partial charge in [0.05, 0.1) is 19.1 Å². The molecule has 0 saturated heterocycles. The van der Waals surface area contributed by atoms with Gasteiger partial charge in [-0.3, -0.25) is 9.59 Å². The van der Waals surface area contributed by atoms with E-state index in [4.69, 9.17) is 16.2 Å². The zero-order chi connectivity index (χ0) is 15.1. The Morgan fingerprint density at radius 2 is 1.85 bits per heavy atom. The minimum Gasteiger partial charge on any atom is -0.493 e. The molecule has 1 atom stereocenters. The SMILES string of the molecule is CC(C)[C@H](N)C(=O)Nc1ccc(OCCC(N)=O)cc1. The van der Waals surface area contributed by atoms with Gasteiger partial charge in [-0.1, -0.05) is 13.8 Å². The lowest BCUT2D eigenvalue weighted by molar-refractivity contribution is -0.119. The summed E-state index contributed by atoms with van der Waals surface area (Å²) in [6.45, 7) is 4.01. The molecule has 0 aliphatic heterocycles. The minimum atomic E-state index is -0.540. The van der Waals surface area contributed by atoms with Crippen LogP contribution >= 0.6 is 0 Å². The van der Waals surface area contributed by atoms with Crippen LogP contribution in [-0.4, -0.2) is 24.5 Å². The lowest BCUT2D eigenvalue weighted by Gasteiger charge is -2.15. The Balaban J connectivity index is 2.50. The zero-order valence-corrected chi connectivity index (χ0v) is 11.8. The summed E-state index contributed by atoms with van der Waals surface area (Å²) in [7, 11) is 0. The highest BCUT2D eigenvalue weighted by atomic mass is 16.5. The topological polar surface area (TPSA) is 107 Å². The minimum absolute atomic E-state index is 0.0754. The van der Waals surface area contributed by atoms with E-state index >= 15 is 0 Å². The van der Waals surface area contributed by atoms with E-state index in [-0.39, 0.29) is 24.9 Å². The molecule has 0 heterocycles. The molecule has 110 valence electrons. The van der Waals surface area contributed by atoms with Gasteiger partial charge in [-0.15, -0.1) is 0 Å². The third-order valence-corrected chi connectivity index (χ3v) is 2.76. The molecule has 0 aliphatic rings. The normalized spacial score (nSPS) is 12.0. The van der Waals surface area contributed by atoms with Crippen molar-refractivity contribution in [3.8, 4) is 5.75 Å². The number of carbonyl (C=O) groups is 2. The summed E-state index contributed by atoms with van der Waals surface area (Å²) in [6.07, 6.45) is 0.168. The van der Waals surface area contributed by atoms with E-state index < -0.39 is 11.9 Å². The summed E-state index contributed by atoms with van der Waals surface area (Å²) in [5.74, 6) is 0.0581. The number of ether oxygens (including phenoxy) is 1. The predicted octanol–water partition coefficient (Wildman–Crippen LogP) is 0.863. The molecule has 0 saturated carbocycles. The van der Waals surface area contributed by atoms with E-state index in [2.05, 4.69) is 5.32 Å². The molecule has 6 heteroatoms. The number of primary amides is 1. The molecule has 0 fully saturated rings. The third kappa shape index (κ3) is 5.27. The molecule has 6 nitrogen and oxygen atoms in total. The van der Waals surface area contributed by atoms with Crippen molar-refractivity contribution < 1.29 is 14.3 Å². The van der Waals surface area contributed by atoms with Crippen molar-refractivity contribution >= 4 is 17.5 Å². The molecule has 2 amide bonds. The van der Waals surface area contributed by atoms with Gasteiger partial charge in [0.2, 0.25) is 11.8 Å². The van der Waals surface area contributed by atoms with Gasteiger partial charge >= 0.3 is 0 Å². The number of nitrogens with two attached hydrogens (primary N) is 2. The first-order valence-corrected chi connectivity index (χ1v) is 6.47. The lowest BCUT2D eigenvalue weighted by atomic mass is 10.1. The van der Waals surface area contributed by atoms with Crippen molar-refractivity contribution in [1.82, 2.24) is 0 Å². The van der Waals surface area contributed by atoms with Gasteiger partial charge in [0.1, 0.15) is 5.75 Å². The van der Waals surface area contributed by atoms with Crippen LogP contribution in [0.15, 0.2) is 24.3 Å². The van der Waals surface area contributed by atoms with Crippen LogP contribution in [-0.2, 0) is 9.59 Å². The second-order valence-corrected chi connectivity index (χ2v) is 4.85. The largest absolute Gasteiger partial charge is 0.493 e. The molecular formula is C14H21N3O3. The summed E-state index contributed by atoms with van der Waals surface area (Å²) >= 11 is 0. The number of benzene rings is 1. The fraction of sp³-hybridized carbons (Fsp3) is 0.429. The second-order valence-electron chi connectivity index (χ2n) is 4.85. The molecule has 0 unspecified atom stereocenters. The Labute approximate surface area is 118 Å². The van der Waals surface area contributed by atoms with Gasteiger partial charge in [0, 0.05) is 5.69 Å². The smallest absolute Gasteiger partial charge is 0.241 e. The fourth-order valence-electron chi connectivity index (χ4n) is 1.43. The predicted molar refractivity (Wildman–Crippen MR) is 77.2 cm³/mol. The van der Waals surface area contributed by atoms with E-state index in [1.165, 1.54) is 0 Å². The molecule has 1 aromatic carbocycles. The third-order valence-electron chi connectivity index (χ3n) is 2.76. The van der Waals surface area contributed by atoms with Crippen LogP contribution < -0.4 is 21.5 Å². The summed E-state index contributed by atoms with van der Waals surface area (Å²) < 4.78 is 5.32. The lowest BCUT2D eigenvalue weighted by Crippen LogP contribution is -2.39. The van der Waals surface area contributed by atoms with E-state index in [0.717, 1.165) is 0 Å². The number of amides is 2. The van der Waals surface area contributed by atoms with Crippen LogP contribution in [0, 0.1) is 5.92 Å². The maximum Gasteiger partial charge on any atom is 0.241 e. The zero-order valence-electron chi connectivity index (χ0n) is 11.8. The van der Waals surface area contributed by atoms with Crippen molar-refractivity contribution in [1.29, 1.82) is 0 Å². The van der Waals surface area contributed by atoms with E-state index in [1.54, 1.807) is 24.3 Å². The fourth-order valence-corrected chi connectivity index (χ4v) is 1.43. The highest BCUT2D eigenvalue weighted by molar-refractivity contribution is 5.94. The monoisotopic (exact) mass is 279 g/mol. The maximum atomic E-state index is 11.8. The van der Waals surface area contributed by atoms with E-state index in [0.29, 0.717) is 11.4 Å². The average molecular weight is 279 g/mol. The average Bonchev–Trinajstić information content (AvgIpc) is 2.39. The highest BCUT2D eigenvalue weighted by Crippen LogP contribution is 2.16. The van der Waals surface area contributed by atoms with Crippen molar-refractivity contribution in [3.63, 3.8) is 0 Å². The molecule has 0 aliphatic carbocycles. The van der Waals surface area contributed by atoms with Crippen LogP contribution in [0.5, 0.6) is 5.75 Å². The van der Waals surface area contributed by atoms with Gasteiger partial charge in [0.15, 0.2) is 0 Å².